The fourth-order valence-corrected chi connectivity index (χ4v) is 5.57. The number of ketones is 1. The largest absolute Gasteiger partial charge is 0.315 e. The molecule has 2 atom stereocenters. The Bertz CT molecular complexity index is 1290. The number of Topliss-reactive ketones (excluding diaryl/α,β-unsaturated/α-hetero) is 1. The van der Waals surface area contributed by atoms with Gasteiger partial charge in [0.15, 0.2) is 0 Å². The third kappa shape index (κ3) is 3.26. The lowest BCUT2D eigenvalue weighted by molar-refractivity contribution is -0.119. The fourth-order valence-electron chi connectivity index (χ4n) is 5.57. The summed E-state index contributed by atoms with van der Waals surface area (Å²) in [7, 11) is 0. The highest BCUT2D eigenvalue weighted by Gasteiger charge is 2.47. The quantitative estimate of drug-likeness (QED) is 0.427. The maximum atomic E-state index is 13.2. The summed E-state index contributed by atoms with van der Waals surface area (Å²) in [5.41, 5.74) is 3.98. The molecule has 2 aliphatic rings. The molecule has 4 aromatic rings. The summed E-state index contributed by atoms with van der Waals surface area (Å²) in [5.74, 6) is 3.09. The molecule has 6 rings (SSSR count). The Balaban J connectivity index is 1.20. The van der Waals surface area contributed by atoms with Crippen molar-refractivity contribution in [1.29, 1.82) is 0 Å². The lowest BCUT2D eigenvalue weighted by Crippen LogP contribution is -2.12. The Hall–Kier alpha value is -3.27. The molecule has 0 saturated heterocycles. The number of carbonyl (C=O) groups excluding carboxylic acids is 1. The maximum absolute atomic E-state index is 13.2. The molecule has 0 bridgehead atoms. The van der Waals surface area contributed by atoms with Gasteiger partial charge in [0.25, 0.3) is 0 Å². The van der Waals surface area contributed by atoms with Crippen LogP contribution >= 0.6 is 0 Å². The van der Waals surface area contributed by atoms with E-state index < -0.39 is 0 Å². The van der Waals surface area contributed by atoms with E-state index in [0.29, 0.717) is 18.1 Å². The predicted octanol–water partition coefficient (Wildman–Crippen LogP) is 5.25. The zero-order valence-corrected chi connectivity index (χ0v) is 18.4. The highest BCUT2D eigenvalue weighted by molar-refractivity contribution is 5.93. The Kier molecular flexibility index (Phi) is 4.67. The minimum absolute atomic E-state index is 0.0668. The number of hydrogen-bond acceptors (Lipinski definition) is 3. The highest BCUT2D eigenvalue weighted by atomic mass is 16.1. The first-order valence-electron chi connectivity index (χ1n) is 11.7. The summed E-state index contributed by atoms with van der Waals surface area (Å²) in [6, 6.07) is 23.2. The minimum Gasteiger partial charge on any atom is -0.315 e. The number of rotatable bonds is 6. The van der Waals surface area contributed by atoms with E-state index in [2.05, 4.69) is 76.3 Å². The van der Waals surface area contributed by atoms with E-state index in [1.54, 1.807) is 0 Å². The van der Waals surface area contributed by atoms with Crippen molar-refractivity contribution in [3.8, 4) is 0 Å². The topological polar surface area (TPSA) is 47.8 Å². The van der Waals surface area contributed by atoms with Gasteiger partial charge in [-0.25, -0.2) is 0 Å². The minimum atomic E-state index is 0.0668. The molecule has 160 valence electrons. The molecule has 3 aromatic carbocycles. The standard InChI is InChI=1S/C28H27N3O/c1-2-31-27(22-14-19-9-3-4-10-20(19)15-22)29-30-28(31)25-17-24(25)26(32)16-21-12-7-11-18-8-5-6-13-23(18)21/h3-13,22,24-25H,2,14-17H2,1H3/t24-,25+/m0/s1. The molecule has 4 nitrogen and oxygen atoms in total. The Morgan fingerprint density at radius 1 is 0.906 bits per heavy atom. The molecule has 2 aliphatic carbocycles. The molecule has 1 fully saturated rings. The van der Waals surface area contributed by atoms with Crippen LogP contribution in [-0.2, 0) is 30.6 Å². The van der Waals surface area contributed by atoms with Crippen molar-refractivity contribution >= 4 is 16.6 Å². The number of aromatic nitrogens is 3. The second kappa shape index (κ2) is 7.70. The SMILES string of the molecule is CCn1c(C2Cc3ccccc3C2)nnc1[C@@H]1C[C@@H]1C(=O)Cc1cccc2ccccc12. The molecule has 0 amide bonds. The van der Waals surface area contributed by atoms with E-state index >= 15 is 0 Å². The lowest BCUT2D eigenvalue weighted by atomic mass is 9.98. The Labute approximate surface area is 188 Å². The molecule has 0 aliphatic heterocycles. The number of hydrogen-bond donors (Lipinski definition) is 0. The van der Waals surface area contributed by atoms with Gasteiger partial charge in [-0.2, -0.15) is 0 Å². The Morgan fingerprint density at radius 3 is 2.38 bits per heavy atom. The summed E-state index contributed by atoms with van der Waals surface area (Å²) in [6.45, 7) is 3.01. The number of fused-ring (bicyclic) bond motifs is 2. The first kappa shape index (κ1) is 19.4. The molecule has 0 spiro atoms. The van der Waals surface area contributed by atoms with Crippen LogP contribution in [-0.4, -0.2) is 20.5 Å². The van der Waals surface area contributed by atoms with Crippen molar-refractivity contribution in [2.75, 3.05) is 0 Å². The van der Waals surface area contributed by atoms with Crippen LogP contribution in [0.2, 0.25) is 0 Å². The van der Waals surface area contributed by atoms with Crippen molar-refractivity contribution in [3.05, 3.63) is 95.1 Å². The predicted molar refractivity (Wildman–Crippen MR) is 126 cm³/mol. The average molecular weight is 422 g/mol. The summed E-state index contributed by atoms with van der Waals surface area (Å²) in [5, 5.41) is 11.6. The molecule has 0 N–H and O–H groups in total. The smallest absolute Gasteiger partial charge is 0.141 e. The first-order valence-corrected chi connectivity index (χ1v) is 11.7. The number of nitrogens with zero attached hydrogens (tertiary/aromatic N) is 3. The normalized spacial score (nSPS) is 19.9. The molecule has 4 heteroatoms. The van der Waals surface area contributed by atoms with Crippen LogP contribution in [0.1, 0.15) is 53.5 Å². The van der Waals surface area contributed by atoms with Gasteiger partial charge in [0, 0.05) is 30.7 Å². The van der Waals surface area contributed by atoms with E-state index in [1.807, 2.05) is 12.1 Å². The summed E-state index contributed by atoms with van der Waals surface area (Å²) < 4.78 is 2.28. The van der Waals surface area contributed by atoms with Gasteiger partial charge in [0.2, 0.25) is 0 Å². The van der Waals surface area contributed by atoms with Gasteiger partial charge in [-0.15, -0.1) is 10.2 Å². The first-order chi connectivity index (χ1) is 15.7. The molecular weight excluding hydrogens is 394 g/mol. The van der Waals surface area contributed by atoms with Crippen molar-refractivity contribution in [3.63, 3.8) is 0 Å². The lowest BCUT2D eigenvalue weighted by Gasteiger charge is -2.12. The van der Waals surface area contributed by atoms with Crippen LogP contribution < -0.4 is 0 Å². The second-order valence-electron chi connectivity index (χ2n) is 9.26. The van der Waals surface area contributed by atoms with Gasteiger partial charge in [-0.05, 0) is 53.6 Å². The van der Waals surface area contributed by atoms with Gasteiger partial charge in [0.1, 0.15) is 17.4 Å². The van der Waals surface area contributed by atoms with Gasteiger partial charge >= 0.3 is 0 Å². The van der Waals surface area contributed by atoms with Crippen LogP contribution in [0.3, 0.4) is 0 Å². The highest BCUT2D eigenvalue weighted by Crippen LogP contribution is 2.48. The molecule has 1 heterocycles. The fraction of sp³-hybridized carbons (Fsp3) is 0.321. The number of benzene rings is 3. The van der Waals surface area contributed by atoms with Crippen LogP contribution in [0.15, 0.2) is 66.7 Å². The third-order valence-corrected chi connectivity index (χ3v) is 7.32. The van der Waals surface area contributed by atoms with Gasteiger partial charge < -0.3 is 4.57 Å². The van der Waals surface area contributed by atoms with Crippen molar-refractivity contribution in [1.82, 2.24) is 14.8 Å². The van der Waals surface area contributed by atoms with Crippen molar-refractivity contribution in [2.45, 2.75) is 51.0 Å². The van der Waals surface area contributed by atoms with E-state index in [0.717, 1.165) is 43.0 Å². The summed E-state index contributed by atoms with van der Waals surface area (Å²) >= 11 is 0. The second-order valence-corrected chi connectivity index (χ2v) is 9.26. The van der Waals surface area contributed by atoms with E-state index in [-0.39, 0.29) is 11.8 Å². The summed E-state index contributed by atoms with van der Waals surface area (Å²) in [4.78, 5) is 13.2. The van der Waals surface area contributed by atoms with Crippen LogP contribution in [0.5, 0.6) is 0 Å². The van der Waals surface area contributed by atoms with Crippen molar-refractivity contribution in [2.24, 2.45) is 5.92 Å². The monoisotopic (exact) mass is 421 g/mol. The third-order valence-electron chi connectivity index (χ3n) is 7.32. The van der Waals surface area contributed by atoms with Gasteiger partial charge in [0.05, 0.1) is 0 Å². The molecular formula is C28H27N3O. The zero-order valence-electron chi connectivity index (χ0n) is 18.4. The molecule has 0 unspecified atom stereocenters. The van der Waals surface area contributed by atoms with E-state index in [9.17, 15) is 4.79 Å². The summed E-state index contributed by atoms with van der Waals surface area (Å²) in [6.07, 6.45) is 3.45. The molecule has 1 saturated carbocycles. The molecule has 32 heavy (non-hydrogen) atoms. The maximum Gasteiger partial charge on any atom is 0.141 e. The number of carbonyl (C=O) groups is 1. The van der Waals surface area contributed by atoms with E-state index in [1.165, 1.54) is 21.9 Å². The van der Waals surface area contributed by atoms with Gasteiger partial charge in [-0.3, -0.25) is 4.79 Å². The van der Waals surface area contributed by atoms with Crippen LogP contribution in [0.4, 0.5) is 0 Å². The van der Waals surface area contributed by atoms with Crippen LogP contribution in [0, 0.1) is 5.92 Å². The Morgan fingerprint density at radius 2 is 1.59 bits per heavy atom. The van der Waals surface area contributed by atoms with E-state index in [4.69, 9.17) is 0 Å². The van der Waals surface area contributed by atoms with Crippen molar-refractivity contribution < 1.29 is 4.79 Å². The zero-order chi connectivity index (χ0) is 21.7. The average Bonchev–Trinajstić information content (AvgIpc) is 3.32. The molecule has 0 radical (unpaired) electrons. The van der Waals surface area contributed by atoms with Gasteiger partial charge in [-0.1, -0.05) is 66.7 Å². The van der Waals surface area contributed by atoms with Crippen LogP contribution in [0.25, 0.3) is 10.8 Å². The molecule has 1 aromatic heterocycles.